The summed E-state index contributed by atoms with van der Waals surface area (Å²) in [7, 11) is 1.51. The van der Waals surface area contributed by atoms with Crippen LogP contribution in [0.3, 0.4) is 0 Å². The van der Waals surface area contributed by atoms with Crippen molar-refractivity contribution < 1.29 is 28.3 Å². The zero-order chi connectivity index (χ0) is 23.5. The molecule has 1 aromatic heterocycles. The quantitative estimate of drug-likeness (QED) is 0.327. The molecule has 4 rings (SSSR count). The van der Waals surface area contributed by atoms with E-state index in [1.165, 1.54) is 24.9 Å². The summed E-state index contributed by atoms with van der Waals surface area (Å²) in [5.74, 6) is -0.675. The van der Waals surface area contributed by atoms with Crippen LogP contribution in [0.15, 0.2) is 33.5 Å². The second-order valence-electron chi connectivity index (χ2n) is 8.40. The van der Waals surface area contributed by atoms with Crippen molar-refractivity contribution in [1.82, 2.24) is 4.90 Å². The highest BCUT2D eigenvalue weighted by atomic mass is 32.2. The van der Waals surface area contributed by atoms with Gasteiger partial charge in [0.25, 0.3) is 0 Å². The molecule has 1 aliphatic carbocycles. The molecule has 0 bridgehead atoms. The second kappa shape index (κ2) is 9.99. The molecule has 0 spiro atoms. The third-order valence-electron chi connectivity index (χ3n) is 6.46. The fraction of sp³-hybridized carbons (Fsp3) is 0.500. The number of esters is 1. The Hall–Kier alpha value is -2.81. The molecule has 1 aliphatic heterocycles. The van der Waals surface area contributed by atoms with E-state index in [1.807, 2.05) is 6.26 Å². The summed E-state index contributed by atoms with van der Waals surface area (Å²) in [4.78, 5) is 52.4. The van der Waals surface area contributed by atoms with Crippen LogP contribution >= 0.6 is 11.8 Å². The molecule has 176 valence electrons. The monoisotopic (exact) mass is 473 g/mol. The van der Waals surface area contributed by atoms with Gasteiger partial charge in [-0.3, -0.25) is 14.5 Å². The van der Waals surface area contributed by atoms with Crippen LogP contribution in [0.2, 0.25) is 0 Å². The van der Waals surface area contributed by atoms with E-state index in [-0.39, 0.29) is 30.3 Å². The highest BCUT2D eigenvalue weighted by Crippen LogP contribution is 2.39. The first-order chi connectivity index (χ1) is 15.9. The summed E-state index contributed by atoms with van der Waals surface area (Å²) in [5.41, 5.74) is 0.226. The number of methoxy groups -OCH3 is 1. The van der Waals surface area contributed by atoms with Gasteiger partial charge in [0.1, 0.15) is 24.0 Å². The molecular weight excluding hydrogens is 446 g/mol. The van der Waals surface area contributed by atoms with Gasteiger partial charge >= 0.3 is 11.6 Å². The van der Waals surface area contributed by atoms with Gasteiger partial charge in [0.2, 0.25) is 11.8 Å². The van der Waals surface area contributed by atoms with Gasteiger partial charge in [0.15, 0.2) is 0 Å². The van der Waals surface area contributed by atoms with Crippen molar-refractivity contribution in [2.75, 3.05) is 19.1 Å². The zero-order valence-corrected chi connectivity index (χ0v) is 19.5. The van der Waals surface area contributed by atoms with Crippen LogP contribution in [0.1, 0.15) is 37.7 Å². The number of carbonyl (C=O) groups excluding carboxylic acids is 3. The van der Waals surface area contributed by atoms with Crippen molar-refractivity contribution in [3.63, 3.8) is 0 Å². The number of imide groups is 1. The molecule has 0 radical (unpaired) electrons. The molecule has 1 saturated heterocycles. The Morgan fingerprint density at radius 2 is 1.85 bits per heavy atom. The maximum absolute atomic E-state index is 13.1. The molecule has 9 heteroatoms. The average Bonchev–Trinajstić information content (AvgIpc) is 3.07. The number of fused-ring (bicyclic) bond motifs is 2. The van der Waals surface area contributed by atoms with Crippen LogP contribution in [0.4, 0.5) is 0 Å². The van der Waals surface area contributed by atoms with Crippen LogP contribution in [-0.4, -0.2) is 47.8 Å². The normalized spacial score (nSPS) is 21.2. The van der Waals surface area contributed by atoms with Crippen LogP contribution < -0.4 is 10.4 Å². The number of carbonyl (C=O) groups is 3. The number of nitrogens with zero attached hydrogens (tertiary/aromatic N) is 1. The predicted molar refractivity (Wildman–Crippen MR) is 123 cm³/mol. The van der Waals surface area contributed by atoms with Crippen molar-refractivity contribution in [2.24, 2.45) is 11.8 Å². The minimum atomic E-state index is -0.963. The minimum absolute atomic E-state index is 0.174. The lowest BCUT2D eigenvalue weighted by Gasteiger charge is -2.25. The molecule has 2 aromatic rings. The SMILES string of the molecule is COc1ccc2c(COC(=O)[C@@H](CCSC)N3C(=O)[C@H]4CCCC[C@H]4C3=O)cc(=O)oc2c1. The van der Waals surface area contributed by atoms with Gasteiger partial charge in [0.05, 0.1) is 18.9 Å². The topological polar surface area (TPSA) is 103 Å². The van der Waals surface area contributed by atoms with Crippen molar-refractivity contribution in [2.45, 2.75) is 44.8 Å². The van der Waals surface area contributed by atoms with Gasteiger partial charge in [-0.05, 0) is 43.4 Å². The highest BCUT2D eigenvalue weighted by Gasteiger charge is 2.52. The first kappa shape index (κ1) is 23.4. The molecule has 1 aromatic carbocycles. The smallest absolute Gasteiger partial charge is 0.336 e. The van der Waals surface area contributed by atoms with Crippen LogP contribution in [0.25, 0.3) is 11.0 Å². The van der Waals surface area contributed by atoms with E-state index in [9.17, 15) is 19.2 Å². The summed E-state index contributed by atoms with van der Waals surface area (Å²) in [6.07, 6.45) is 5.44. The van der Waals surface area contributed by atoms with E-state index >= 15 is 0 Å². The average molecular weight is 474 g/mol. The molecule has 8 nitrogen and oxygen atoms in total. The molecule has 2 amide bonds. The number of rotatable bonds is 8. The molecule has 3 atom stereocenters. The van der Waals surface area contributed by atoms with Gasteiger partial charge in [-0.25, -0.2) is 9.59 Å². The van der Waals surface area contributed by atoms with E-state index in [1.54, 1.807) is 18.2 Å². The maximum atomic E-state index is 13.1. The van der Waals surface area contributed by atoms with E-state index < -0.39 is 17.6 Å². The standard InChI is InChI=1S/C24H27NO7S/c1-30-15-7-8-16-14(11-21(26)32-20(16)12-15)13-31-24(29)19(9-10-33-2)25-22(27)17-5-3-4-6-18(17)23(25)28/h7-8,11-12,17-19H,3-6,9-10,13H2,1-2H3/t17-,18+,19-/m1/s1. The first-order valence-corrected chi connectivity index (χ1v) is 12.5. The molecule has 2 heterocycles. The lowest BCUT2D eigenvalue weighted by atomic mass is 9.81. The fourth-order valence-corrected chi connectivity index (χ4v) is 5.24. The second-order valence-corrected chi connectivity index (χ2v) is 9.39. The number of ether oxygens (including phenoxy) is 2. The number of benzene rings is 1. The van der Waals surface area contributed by atoms with Gasteiger partial charge in [-0.2, -0.15) is 11.8 Å². The van der Waals surface area contributed by atoms with Crippen molar-refractivity contribution in [3.05, 3.63) is 40.2 Å². The Kier molecular flexibility index (Phi) is 7.07. The Labute approximate surface area is 195 Å². The summed E-state index contributed by atoms with van der Waals surface area (Å²) < 4.78 is 16.0. The Morgan fingerprint density at radius 1 is 1.15 bits per heavy atom. The van der Waals surface area contributed by atoms with Gasteiger partial charge in [0, 0.05) is 23.1 Å². The zero-order valence-electron chi connectivity index (χ0n) is 18.7. The largest absolute Gasteiger partial charge is 0.497 e. The molecule has 0 unspecified atom stereocenters. The third kappa shape index (κ3) is 4.64. The summed E-state index contributed by atoms with van der Waals surface area (Å²) in [6.45, 7) is -0.174. The number of hydrogen-bond acceptors (Lipinski definition) is 8. The summed E-state index contributed by atoms with van der Waals surface area (Å²) in [5, 5.41) is 0.614. The van der Waals surface area contributed by atoms with Crippen molar-refractivity contribution in [3.8, 4) is 5.75 Å². The van der Waals surface area contributed by atoms with Crippen LogP contribution in [0.5, 0.6) is 5.75 Å². The van der Waals surface area contributed by atoms with Gasteiger partial charge in [-0.15, -0.1) is 0 Å². The number of hydrogen-bond donors (Lipinski definition) is 0. The molecule has 2 aliphatic rings. The maximum Gasteiger partial charge on any atom is 0.336 e. The molecule has 1 saturated carbocycles. The number of amides is 2. The molecule has 33 heavy (non-hydrogen) atoms. The van der Waals surface area contributed by atoms with Gasteiger partial charge in [-0.1, -0.05) is 12.8 Å². The predicted octanol–water partition coefficient (Wildman–Crippen LogP) is 3.14. The van der Waals surface area contributed by atoms with Crippen LogP contribution in [-0.2, 0) is 25.7 Å². The van der Waals surface area contributed by atoms with Crippen LogP contribution in [0, 0.1) is 11.8 Å². The molecular formula is C24H27NO7S. The van der Waals surface area contributed by atoms with Crippen molar-refractivity contribution >= 4 is 40.5 Å². The van der Waals surface area contributed by atoms with Gasteiger partial charge < -0.3 is 13.9 Å². The summed E-state index contributed by atoms with van der Waals surface area (Å²) in [6, 6.07) is 5.35. The fourth-order valence-electron chi connectivity index (χ4n) is 4.78. The third-order valence-corrected chi connectivity index (χ3v) is 7.11. The summed E-state index contributed by atoms with van der Waals surface area (Å²) >= 11 is 1.53. The lowest BCUT2D eigenvalue weighted by Crippen LogP contribution is -2.46. The highest BCUT2D eigenvalue weighted by molar-refractivity contribution is 7.98. The Balaban J connectivity index is 1.56. The first-order valence-electron chi connectivity index (χ1n) is 11.1. The Morgan fingerprint density at radius 3 is 2.48 bits per heavy atom. The minimum Gasteiger partial charge on any atom is -0.497 e. The number of likely N-dealkylation sites (tertiary alicyclic amines) is 1. The Bertz CT molecular complexity index is 1100. The molecule has 0 N–H and O–H groups in total. The van der Waals surface area contributed by atoms with E-state index in [4.69, 9.17) is 13.9 Å². The number of thioether (sulfide) groups is 1. The van der Waals surface area contributed by atoms with E-state index in [0.29, 0.717) is 47.3 Å². The van der Waals surface area contributed by atoms with Crippen molar-refractivity contribution in [1.29, 1.82) is 0 Å². The lowest BCUT2D eigenvalue weighted by molar-refractivity contribution is -0.159. The molecule has 2 fully saturated rings. The van der Waals surface area contributed by atoms with E-state index in [0.717, 1.165) is 17.7 Å². The van der Waals surface area contributed by atoms with E-state index in [2.05, 4.69) is 0 Å².